The van der Waals surface area contributed by atoms with Gasteiger partial charge in [0.15, 0.2) is 11.5 Å². The molecule has 0 aliphatic heterocycles. The number of aromatic nitrogens is 5. The summed E-state index contributed by atoms with van der Waals surface area (Å²) in [4.78, 5) is 22.2. The number of H-pyrrole nitrogens is 1. The largest absolute Gasteiger partial charge is 0.361 e. The summed E-state index contributed by atoms with van der Waals surface area (Å²) in [5.74, 6) is 1.04. The number of aromatic amines is 1. The standard InChI is InChI=1S/C21H33N7O2Si/c1-14-10-16(27-26-14)23-17-11-22-19-18(24-17)15(20(29)25-21(2,3)4)12-28(19)13-30-8-9-31(5,6)7/h10-12H,8-9,13H2,1-7H3,(H,25,29)(H2,23,24,26,27). The summed E-state index contributed by atoms with van der Waals surface area (Å²) >= 11 is 0. The van der Waals surface area contributed by atoms with Crippen LogP contribution in [0.2, 0.25) is 25.7 Å². The van der Waals surface area contributed by atoms with Gasteiger partial charge in [0, 0.05) is 32.5 Å². The molecule has 0 saturated carbocycles. The Bertz CT molecular complexity index is 1060. The lowest BCUT2D eigenvalue weighted by Gasteiger charge is -2.20. The zero-order chi connectivity index (χ0) is 22.8. The molecule has 0 aromatic carbocycles. The fourth-order valence-corrected chi connectivity index (χ4v) is 3.71. The van der Waals surface area contributed by atoms with Gasteiger partial charge in [-0.1, -0.05) is 19.6 Å². The molecule has 168 valence electrons. The molecule has 0 aliphatic carbocycles. The monoisotopic (exact) mass is 443 g/mol. The Hall–Kier alpha value is -2.72. The molecule has 1 amide bonds. The minimum Gasteiger partial charge on any atom is -0.361 e. The average molecular weight is 444 g/mol. The van der Waals surface area contributed by atoms with Crippen LogP contribution < -0.4 is 10.6 Å². The molecular formula is C21H33N7O2Si. The molecule has 0 fully saturated rings. The van der Waals surface area contributed by atoms with E-state index in [9.17, 15) is 4.79 Å². The fourth-order valence-electron chi connectivity index (χ4n) is 2.95. The van der Waals surface area contributed by atoms with Gasteiger partial charge < -0.3 is 19.9 Å². The second-order valence-electron chi connectivity index (χ2n) is 10.0. The minimum atomic E-state index is -1.17. The molecule has 0 spiro atoms. The molecule has 3 rings (SSSR count). The number of fused-ring (bicyclic) bond motifs is 1. The van der Waals surface area contributed by atoms with Crippen molar-refractivity contribution < 1.29 is 9.53 Å². The van der Waals surface area contributed by atoms with Crippen LogP contribution in [-0.2, 0) is 11.5 Å². The first-order valence-corrected chi connectivity index (χ1v) is 14.2. The maximum Gasteiger partial charge on any atom is 0.255 e. The number of hydrogen-bond donors (Lipinski definition) is 3. The Labute approximate surface area is 184 Å². The number of carbonyl (C=O) groups excluding carboxylic acids is 1. The highest BCUT2D eigenvalue weighted by Gasteiger charge is 2.22. The topological polar surface area (TPSA) is 110 Å². The summed E-state index contributed by atoms with van der Waals surface area (Å²) in [6.45, 7) is 15.7. The maximum absolute atomic E-state index is 13.0. The Kier molecular flexibility index (Phi) is 6.51. The highest BCUT2D eigenvalue weighted by atomic mass is 28.3. The number of amides is 1. The molecule has 3 aromatic heterocycles. The maximum atomic E-state index is 13.0. The van der Waals surface area contributed by atoms with Gasteiger partial charge in [-0.05, 0) is 33.7 Å². The van der Waals surface area contributed by atoms with E-state index in [1.54, 1.807) is 12.4 Å². The van der Waals surface area contributed by atoms with Crippen molar-refractivity contribution in [2.75, 3.05) is 11.9 Å². The van der Waals surface area contributed by atoms with E-state index in [0.29, 0.717) is 41.7 Å². The first-order chi connectivity index (χ1) is 14.4. The van der Waals surface area contributed by atoms with Crippen LogP contribution in [0.4, 0.5) is 11.6 Å². The molecular weight excluding hydrogens is 410 g/mol. The first-order valence-electron chi connectivity index (χ1n) is 10.5. The molecule has 0 saturated heterocycles. The Balaban J connectivity index is 1.89. The van der Waals surface area contributed by atoms with Gasteiger partial charge in [0.1, 0.15) is 18.1 Å². The number of ether oxygens (including phenoxy) is 1. The van der Waals surface area contributed by atoms with Crippen molar-refractivity contribution in [2.24, 2.45) is 0 Å². The van der Waals surface area contributed by atoms with Crippen molar-refractivity contribution in [3.8, 4) is 0 Å². The SMILES string of the molecule is Cc1cc(Nc2cnc3c(n2)c(C(=O)NC(C)(C)C)cn3COCC[Si](C)(C)C)[nH]n1. The minimum absolute atomic E-state index is 0.192. The van der Waals surface area contributed by atoms with E-state index >= 15 is 0 Å². The first kappa shape index (κ1) is 23.0. The van der Waals surface area contributed by atoms with Crippen molar-refractivity contribution >= 4 is 36.8 Å². The van der Waals surface area contributed by atoms with E-state index in [0.717, 1.165) is 11.7 Å². The van der Waals surface area contributed by atoms with E-state index < -0.39 is 8.07 Å². The summed E-state index contributed by atoms with van der Waals surface area (Å²) in [6, 6.07) is 2.95. The molecule has 10 heteroatoms. The summed E-state index contributed by atoms with van der Waals surface area (Å²) in [5, 5.41) is 13.2. The van der Waals surface area contributed by atoms with Crippen LogP contribution in [0.15, 0.2) is 18.5 Å². The zero-order valence-corrected chi connectivity index (χ0v) is 20.5. The van der Waals surface area contributed by atoms with E-state index in [1.807, 2.05) is 38.3 Å². The third-order valence-electron chi connectivity index (χ3n) is 4.49. The van der Waals surface area contributed by atoms with Crippen LogP contribution in [0.1, 0.15) is 36.8 Å². The Morgan fingerprint density at radius 1 is 1.29 bits per heavy atom. The average Bonchev–Trinajstić information content (AvgIpc) is 3.20. The molecule has 3 heterocycles. The van der Waals surface area contributed by atoms with Crippen molar-refractivity contribution in [1.29, 1.82) is 0 Å². The van der Waals surface area contributed by atoms with Gasteiger partial charge in [0.2, 0.25) is 0 Å². The predicted octanol–water partition coefficient (Wildman–Crippen LogP) is 4.05. The molecule has 0 atom stereocenters. The number of anilines is 2. The molecule has 9 nitrogen and oxygen atoms in total. The number of carbonyl (C=O) groups is 1. The van der Waals surface area contributed by atoms with Gasteiger partial charge in [-0.3, -0.25) is 9.89 Å². The van der Waals surface area contributed by atoms with Gasteiger partial charge in [-0.2, -0.15) is 5.10 Å². The van der Waals surface area contributed by atoms with Crippen LogP contribution in [0.25, 0.3) is 11.2 Å². The number of hydrogen-bond acceptors (Lipinski definition) is 6. The number of aryl methyl sites for hydroxylation is 1. The fraction of sp³-hybridized carbons (Fsp3) is 0.524. The van der Waals surface area contributed by atoms with Crippen LogP contribution in [-0.4, -0.2) is 50.9 Å². The summed E-state index contributed by atoms with van der Waals surface area (Å²) in [6.07, 6.45) is 3.41. The summed E-state index contributed by atoms with van der Waals surface area (Å²) in [7, 11) is -1.17. The number of nitrogens with one attached hydrogen (secondary N) is 3. The molecule has 0 aliphatic rings. The van der Waals surface area contributed by atoms with Crippen LogP contribution in [0, 0.1) is 6.92 Å². The molecule has 31 heavy (non-hydrogen) atoms. The van der Waals surface area contributed by atoms with Crippen LogP contribution in [0.3, 0.4) is 0 Å². The molecule has 3 N–H and O–H groups in total. The van der Waals surface area contributed by atoms with Crippen molar-refractivity contribution in [2.45, 2.75) is 65.6 Å². The van der Waals surface area contributed by atoms with Gasteiger partial charge in [-0.25, -0.2) is 9.97 Å². The normalized spacial score (nSPS) is 12.4. The van der Waals surface area contributed by atoms with Gasteiger partial charge in [0.25, 0.3) is 5.91 Å². The second-order valence-corrected chi connectivity index (χ2v) is 15.7. The van der Waals surface area contributed by atoms with Crippen LogP contribution in [0.5, 0.6) is 0 Å². The van der Waals surface area contributed by atoms with E-state index in [1.165, 1.54) is 0 Å². The predicted molar refractivity (Wildman–Crippen MR) is 125 cm³/mol. The van der Waals surface area contributed by atoms with E-state index in [2.05, 4.69) is 50.4 Å². The highest BCUT2D eigenvalue weighted by Crippen LogP contribution is 2.22. The lowest BCUT2D eigenvalue weighted by molar-refractivity contribution is 0.0886. The van der Waals surface area contributed by atoms with Crippen molar-refractivity contribution in [3.05, 3.63) is 29.7 Å². The lowest BCUT2D eigenvalue weighted by Crippen LogP contribution is -2.40. The molecule has 3 aromatic rings. The van der Waals surface area contributed by atoms with Gasteiger partial charge >= 0.3 is 0 Å². The van der Waals surface area contributed by atoms with Gasteiger partial charge in [-0.15, -0.1) is 0 Å². The Morgan fingerprint density at radius 3 is 2.65 bits per heavy atom. The molecule has 0 bridgehead atoms. The number of rotatable bonds is 8. The number of nitrogens with zero attached hydrogens (tertiary/aromatic N) is 4. The third-order valence-corrected chi connectivity index (χ3v) is 6.20. The van der Waals surface area contributed by atoms with E-state index in [-0.39, 0.29) is 11.4 Å². The highest BCUT2D eigenvalue weighted by molar-refractivity contribution is 6.76. The zero-order valence-electron chi connectivity index (χ0n) is 19.5. The summed E-state index contributed by atoms with van der Waals surface area (Å²) < 4.78 is 7.74. The van der Waals surface area contributed by atoms with E-state index in [4.69, 9.17) is 4.74 Å². The quantitative estimate of drug-likeness (QED) is 0.358. The van der Waals surface area contributed by atoms with Crippen molar-refractivity contribution in [3.63, 3.8) is 0 Å². The van der Waals surface area contributed by atoms with Crippen LogP contribution >= 0.6 is 0 Å². The van der Waals surface area contributed by atoms with Gasteiger partial charge in [0.05, 0.1) is 17.5 Å². The molecule has 0 unspecified atom stereocenters. The second kappa shape index (κ2) is 8.79. The Morgan fingerprint density at radius 2 is 2.03 bits per heavy atom. The lowest BCUT2D eigenvalue weighted by atomic mass is 10.1. The van der Waals surface area contributed by atoms with Crippen molar-refractivity contribution in [1.82, 2.24) is 30.0 Å². The molecule has 0 radical (unpaired) electrons. The smallest absolute Gasteiger partial charge is 0.255 e. The third kappa shape index (κ3) is 6.38. The summed E-state index contributed by atoms with van der Waals surface area (Å²) in [5.41, 5.74) is 2.10.